The maximum Gasteiger partial charge on any atom is 0.332 e. The van der Waals surface area contributed by atoms with E-state index in [0.717, 1.165) is 5.52 Å². The summed E-state index contributed by atoms with van der Waals surface area (Å²) in [6.07, 6.45) is 1.56. The van der Waals surface area contributed by atoms with Crippen molar-refractivity contribution in [1.82, 2.24) is 29.5 Å². The maximum atomic E-state index is 12.8. The second kappa shape index (κ2) is 6.55. The molecule has 0 spiro atoms. The summed E-state index contributed by atoms with van der Waals surface area (Å²) in [6.45, 7) is 0. The maximum absolute atomic E-state index is 12.8. The summed E-state index contributed by atoms with van der Waals surface area (Å²) in [4.78, 5) is 43.9. The molecule has 0 radical (unpaired) electrons. The standard InChI is InChI=1S/C20H15N7O3/c1-30-13-8-3-2-7-12(13)27-19-16(25-20(27)29)15(17(21)28)24-18(26-19)10-5-4-6-11-14(10)23-9-22-11/h2-9H,1H3,(H2,21,28)(H,22,23)(H,25,29). The number of methoxy groups -OCH3 is 1. The molecule has 3 heterocycles. The molecule has 0 aliphatic rings. The number of carbonyl (C=O) groups is 1. The number of H-pyrrole nitrogens is 2. The molecule has 0 atom stereocenters. The van der Waals surface area contributed by atoms with Gasteiger partial charge in [-0.3, -0.25) is 4.79 Å². The van der Waals surface area contributed by atoms with Gasteiger partial charge in [-0.05, 0) is 24.3 Å². The topological polar surface area (TPSA) is 145 Å². The van der Waals surface area contributed by atoms with Gasteiger partial charge in [0.1, 0.15) is 11.3 Å². The van der Waals surface area contributed by atoms with E-state index >= 15 is 0 Å². The number of aromatic nitrogens is 6. The summed E-state index contributed by atoms with van der Waals surface area (Å²) < 4.78 is 6.72. The van der Waals surface area contributed by atoms with Crippen LogP contribution in [0.3, 0.4) is 0 Å². The Balaban J connectivity index is 1.89. The minimum Gasteiger partial charge on any atom is -0.495 e. The summed E-state index contributed by atoms with van der Waals surface area (Å²) >= 11 is 0. The molecule has 10 nitrogen and oxygen atoms in total. The van der Waals surface area contributed by atoms with E-state index < -0.39 is 11.6 Å². The van der Waals surface area contributed by atoms with Crippen LogP contribution < -0.4 is 16.2 Å². The van der Waals surface area contributed by atoms with E-state index in [-0.39, 0.29) is 22.7 Å². The molecule has 0 saturated carbocycles. The fraction of sp³-hybridized carbons (Fsp3) is 0.0500. The van der Waals surface area contributed by atoms with E-state index in [2.05, 4.69) is 24.9 Å². The number of nitrogens with zero attached hydrogens (tertiary/aromatic N) is 4. The van der Waals surface area contributed by atoms with Crippen molar-refractivity contribution in [3.8, 4) is 22.8 Å². The molecule has 0 fully saturated rings. The average Bonchev–Trinajstić information content (AvgIpc) is 3.36. The Morgan fingerprint density at radius 3 is 2.77 bits per heavy atom. The van der Waals surface area contributed by atoms with Crippen LogP contribution in [0, 0.1) is 0 Å². The Bertz CT molecular complexity index is 1500. The molecule has 5 aromatic rings. The quantitative estimate of drug-likeness (QED) is 0.418. The van der Waals surface area contributed by atoms with Crippen LogP contribution in [0.1, 0.15) is 10.5 Å². The number of nitrogens with two attached hydrogens (primary N) is 1. The van der Waals surface area contributed by atoms with Gasteiger partial charge in [-0.2, -0.15) is 0 Å². The average molecular weight is 401 g/mol. The Labute approximate surface area is 168 Å². The van der Waals surface area contributed by atoms with Crippen LogP contribution in [0.4, 0.5) is 0 Å². The molecule has 10 heteroatoms. The zero-order chi connectivity index (χ0) is 20.8. The molecule has 3 aromatic heterocycles. The molecule has 0 saturated heterocycles. The zero-order valence-corrected chi connectivity index (χ0v) is 15.7. The fourth-order valence-electron chi connectivity index (χ4n) is 3.47. The van der Waals surface area contributed by atoms with Crippen molar-refractivity contribution in [2.75, 3.05) is 7.11 Å². The van der Waals surface area contributed by atoms with Crippen LogP contribution in [-0.4, -0.2) is 42.5 Å². The first kappa shape index (κ1) is 17.6. The minimum absolute atomic E-state index is 0.0895. The molecule has 0 bridgehead atoms. The first-order valence-corrected chi connectivity index (χ1v) is 8.97. The lowest BCUT2D eigenvalue weighted by molar-refractivity contribution is 0.0997. The zero-order valence-electron chi connectivity index (χ0n) is 15.7. The Hall–Kier alpha value is -4.47. The van der Waals surface area contributed by atoms with Gasteiger partial charge >= 0.3 is 5.69 Å². The van der Waals surface area contributed by atoms with Crippen LogP contribution >= 0.6 is 0 Å². The van der Waals surface area contributed by atoms with Crippen LogP contribution in [0.15, 0.2) is 53.6 Å². The van der Waals surface area contributed by atoms with E-state index in [1.54, 1.807) is 36.7 Å². The summed E-state index contributed by atoms with van der Waals surface area (Å²) in [5.41, 5.74) is 7.81. The molecule has 30 heavy (non-hydrogen) atoms. The lowest BCUT2D eigenvalue weighted by Gasteiger charge is -2.10. The van der Waals surface area contributed by atoms with Crippen LogP contribution in [0.25, 0.3) is 39.3 Å². The normalized spacial score (nSPS) is 11.2. The monoisotopic (exact) mass is 401 g/mol. The third-order valence-electron chi connectivity index (χ3n) is 4.79. The number of amides is 1. The Morgan fingerprint density at radius 1 is 1.13 bits per heavy atom. The molecule has 0 aliphatic carbocycles. The molecular formula is C20H15N7O3. The SMILES string of the molecule is COc1ccccc1-n1c(=O)[nH]c2c(C(N)=O)nc(-c3cccc4[nH]cnc34)nc21. The summed E-state index contributed by atoms with van der Waals surface area (Å²) in [5.74, 6) is -0.0985. The number of primary amides is 1. The summed E-state index contributed by atoms with van der Waals surface area (Å²) in [5, 5.41) is 0. The van der Waals surface area contributed by atoms with Crippen LogP contribution in [0.5, 0.6) is 5.75 Å². The molecule has 0 aliphatic heterocycles. The van der Waals surface area contributed by atoms with Crippen molar-refractivity contribution in [2.24, 2.45) is 5.73 Å². The van der Waals surface area contributed by atoms with Gasteiger partial charge in [-0.25, -0.2) is 24.3 Å². The van der Waals surface area contributed by atoms with Gasteiger partial charge in [0.15, 0.2) is 17.2 Å². The van der Waals surface area contributed by atoms with Crippen molar-refractivity contribution in [3.05, 3.63) is 65.0 Å². The van der Waals surface area contributed by atoms with Crippen LogP contribution in [-0.2, 0) is 0 Å². The number of rotatable bonds is 4. The molecule has 148 valence electrons. The molecule has 4 N–H and O–H groups in total. The fourth-order valence-corrected chi connectivity index (χ4v) is 3.47. The highest BCUT2D eigenvalue weighted by atomic mass is 16.5. The van der Waals surface area contributed by atoms with Crippen molar-refractivity contribution in [1.29, 1.82) is 0 Å². The number of aromatic amines is 2. The highest BCUT2D eigenvalue weighted by Gasteiger charge is 2.22. The van der Waals surface area contributed by atoms with E-state index in [4.69, 9.17) is 10.5 Å². The predicted octanol–water partition coefficient (Wildman–Crippen LogP) is 1.76. The third-order valence-corrected chi connectivity index (χ3v) is 4.79. The second-order valence-electron chi connectivity index (χ2n) is 6.50. The van der Waals surface area contributed by atoms with Crippen molar-refractivity contribution in [3.63, 3.8) is 0 Å². The van der Waals surface area contributed by atoms with Gasteiger partial charge in [0, 0.05) is 5.56 Å². The molecular weight excluding hydrogens is 386 g/mol. The van der Waals surface area contributed by atoms with Crippen LogP contribution in [0.2, 0.25) is 0 Å². The van der Waals surface area contributed by atoms with E-state index in [0.29, 0.717) is 22.5 Å². The molecule has 0 unspecified atom stereocenters. The highest BCUT2D eigenvalue weighted by Crippen LogP contribution is 2.28. The minimum atomic E-state index is -0.786. The highest BCUT2D eigenvalue weighted by molar-refractivity contribution is 6.03. The number of hydrogen-bond acceptors (Lipinski definition) is 6. The number of ether oxygens (including phenoxy) is 1. The lowest BCUT2D eigenvalue weighted by Crippen LogP contribution is -2.16. The largest absolute Gasteiger partial charge is 0.495 e. The van der Waals surface area contributed by atoms with E-state index in [1.807, 2.05) is 12.1 Å². The first-order valence-electron chi connectivity index (χ1n) is 8.97. The third kappa shape index (κ3) is 2.54. The van der Waals surface area contributed by atoms with Gasteiger partial charge < -0.3 is 20.4 Å². The predicted molar refractivity (Wildman–Crippen MR) is 110 cm³/mol. The van der Waals surface area contributed by atoms with Crippen molar-refractivity contribution >= 4 is 28.1 Å². The number of carbonyl (C=O) groups excluding carboxylic acids is 1. The number of nitrogens with one attached hydrogen (secondary N) is 2. The number of para-hydroxylation sites is 3. The second-order valence-corrected chi connectivity index (χ2v) is 6.50. The Morgan fingerprint density at radius 2 is 1.97 bits per heavy atom. The molecule has 1 amide bonds. The van der Waals surface area contributed by atoms with Crippen molar-refractivity contribution in [2.45, 2.75) is 0 Å². The Kier molecular flexibility index (Phi) is 3.85. The number of fused-ring (bicyclic) bond motifs is 2. The molecule has 2 aromatic carbocycles. The van der Waals surface area contributed by atoms with Gasteiger partial charge in [-0.15, -0.1) is 0 Å². The number of hydrogen-bond donors (Lipinski definition) is 3. The smallest absolute Gasteiger partial charge is 0.332 e. The summed E-state index contributed by atoms with van der Waals surface area (Å²) in [6, 6.07) is 12.5. The number of imidazole rings is 2. The molecule has 5 rings (SSSR count). The summed E-state index contributed by atoms with van der Waals surface area (Å²) in [7, 11) is 1.51. The van der Waals surface area contributed by atoms with Gasteiger partial charge in [-0.1, -0.05) is 18.2 Å². The number of benzene rings is 2. The van der Waals surface area contributed by atoms with Gasteiger partial charge in [0.05, 0.1) is 30.2 Å². The van der Waals surface area contributed by atoms with Gasteiger partial charge in [0.25, 0.3) is 5.91 Å². The van der Waals surface area contributed by atoms with E-state index in [9.17, 15) is 9.59 Å². The van der Waals surface area contributed by atoms with Gasteiger partial charge in [0.2, 0.25) is 0 Å². The lowest BCUT2D eigenvalue weighted by atomic mass is 10.1. The first-order chi connectivity index (χ1) is 14.6. The van der Waals surface area contributed by atoms with E-state index in [1.165, 1.54) is 11.7 Å². The van der Waals surface area contributed by atoms with Crippen molar-refractivity contribution < 1.29 is 9.53 Å².